The molecule has 2 aromatic carbocycles. The van der Waals surface area contributed by atoms with Gasteiger partial charge in [-0.3, -0.25) is 0 Å². The number of aryl methyl sites for hydroxylation is 1. The van der Waals surface area contributed by atoms with Crippen LogP contribution in [0, 0.1) is 6.92 Å². The van der Waals surface area contributed by atoms with Crippen LogP contribution in [0.25, 0.3) is 0 Å². The number of para-hydroxylation sites is 1. The number of aromatic nitrogens is 2. The molecule has 0 radical (unpaired) electrons. The Bertz CT molecular complexity index is 1040. The Balaban J connectivity index is 1.95. The molecule has 3 aromatic rings. The SMILES string of the molecule is Cc1ccccc1Oc1nnc(Cl)cc1OS(=O)(=O)c1ccc(Cl)cc1. The molecule has 0 aliphatic rings. The van der Waals surface area contributed by atoms with E-state index < -0.39 is 10.1 Å². The molecule has 3 rings (SSSR count). The minimum atomic E-state index is -4.14. The van der Waals surface area contributed by atoms with Crippen molar-refractivity contribution in [1.82, 2.24) is 10.2 Å². The second-order valence-corrected chi connectivity index (χ2v) is 7.57. The molecule has 134 valence electrons. The first kappa shape index (κ1) is 18.4. The van der Waals surface area contributed by atoms with Crippen molar-refractivity contribution in [3.63, 3.8) is 0 Å². The predicted octanol–water partition coefficient (Wildman–Crippen LogP) is 4.65. The van der Waals surface area contributed by atoms with Gasteiger partial charge in [-0.25, -0.2) is 0 Å². The molecule has 9 heteroatoms. The van der Waals surface area contributed by atoms with Crippen LogP contribution in [0.3, 0.4) is 0 Å². The number of ether oxygens (including phenoxy) is 1. The predicted molar refractivity (Wildman–Crippen MR) is 97.6 cm³/mol. The highest BCUT2D eigenvalue weighted by molar-refractivity contribution is 7.87. The highest BCUT2D eigenvalue weighted by atomic mass is 35.5. The number of nitrogens with zero attached hydrogens (tertiary/aromatic N) is 2. The Morgan fingerprint density at radius 1 is 0.923 bits per heavy atom. The zero-order valence-corrected chi connectivity index (χ0v) is 15.7. The van der Waals surface area contributed by atoms with E-state index in [0.29, 0.717) is 10.8 Å². The van der Waals surface area contributed by atoms with Gasteiger partial charge in [-0.05, 0) is 42.8 Å². The summed E-state index contributed by atoms with van der Waals surface area (Å²) in [6, 6.07) is 13.9. The number of rotatable bonds is 5. The lowest BCUT2D eigenvalue weighted by Crippen LogP contribution is -2.11. The third-order valence-electron chi connectivity index (χ3n) is 3.30. The monoisotopic (exact) mass is 410 g/mol. The van der Waals surface area contributed by atoms with Gasteiger partial charge in [0.2, 0.25) is 5.75 Å². The van der Waals surface area contributed by atoms with E-state index in [-0.39, 0.29) is 21.7 Å². The molecule has 0 N–H and O–H groups in total. The second-order valence-electron chi connectivity index (χ2n) is 5.20. The van der Waals surface area contributed by atoms with Crippen molar-refractivity contribution in [3.05, 3.63) is 70.3 Å². The smallest absolute Gasteiger partial charge is 0.339 e. The fraction of sp³-hybridized carbons (Fsp3) is 0.0588. The average molecular weight is 411 g/mol. The topological polar surface area (TPSA) is 78.4 Å². The zero-order valence-electron chi connectivity index (χ0n) is 13.4. The van der Waals surface area contributed by atoms with Crippen molar-refractivity contribution in [2.75, 3.05) is 0 Å². The highest BCUT2D eigenvalue weighted by Crippen LogP contribution is 2.33. The Kier molecular flexibility index (Phi) is 5.31. The summed E-state index contributed by atoms with van der Waals surface area (Å²) in [6.07, 6.45) is 0. The van der Waals surface area contributed by atoms with Gasteiger partial charge in [-0.2, -0.15) is 8.42 Å². The van der Waals surface area contributed by atoms with Crippen LogP contribution < -0.4 is 8.92 Å². The van der Waals surface area contributed by atoms with E-state index in [4.69, 9.17) is 32.1 Å². The highest BCUT2D eigenvalue weighted by Gasteiger charge is 2.21. The minimum absolute atomic E-state index is 0.0385. The number of hydrogen-bond acceptors (Lipinski definition) is 6. The fourth-order valence-corrected chi connectivity index (χ4v) is 3.20. The molecular weight excluding hydrogens is 399 g/mol. The lowest BCUT2D eigenvalue weighted by Gasteiger charge is -2.12. The molecule has 0 fully saturated rings. The summed E-state index contributed by atoms with van der Waals surface area (Å²) >= 11 is 11.6. The molecule has 0 atom stereocenters. The van der Waals surface area contributed by atoms with Crippen LogP contribution in [-0.2, 0) is 10.1 Å². The molecule has 0 unspecified atom stereocenters. The van der Waals surface area contributed by atoms with Crippen LogP contribution in [0.15, 0.2) is 59.5 Å². The Labute approximate surface area is 160 Å². The fourth-order valence-electron chi connectivity index (χ4n) is 2.01. The normalized spacial score (nSPS) is 11.2. The summed E-state index contributed by atoms with van der Waals surface area (Å²) in [7, 11) is -4.14. The summed E-state index contributed by atoms with van der Waals surface area (Å²) in [5, 5.41) is 7.84. The van der Waals surface area contributed by atoms with E-state index in [2.05, 4.69) is 10.2 Å². The standard InChI is InChI=1S/C17H12Cl2N2O4S/c1-11-4-2-3-5-14(11)24-17-15(10-16(19)20-21-17)25-26(22,23)13-8-6-12(18)7-9-13/h2-10H,1H3. The largest absolute Gasteiger partial charge is 0.435 e. The van der Waals surface area contributed by atoms with Crippen molar-refractivity contribution in [1.29, 1.82) is 0 Å². The maximum atomic E-state index is 12.5. The maximum Gasteiger partial charge on any atom is 0.339 e. The van der Waals surface area contributed by atoms with Gasteiger partial charge in [0.25, 0.3) is 5.88 Å². The summed E-state index contributed by atoms with van der Waals surface area (Å²) in [5.41, 5.74) is 0.829. The lowest BCUT2D eigenvalue weighted by atomic mass is 10.2. The molecule has 0 aliphatic heterocycles. The molecule has 0 spiro atoms. The molecule has 6 nitrogen and oxygen atoms in total. The lowest BCUT2D eigenvalue weighted by molar-refractivity contribution is 0.413. The van der Waals surface area contributed by atoms with E-state index >= 15 is 0 Å². The van der Waals surface area contributed by atoms with Gasteiger partial charge in [0, 0.05) is 11.1 Å². The first-order valence-corrected chi connectivity index (χ1v) is 9.48. The van der Waals surface area contributed by atoms with Crippen LogP contribution in [-0.4, -0.2) is 18.6 Å². The van der Waals surface area contributed by atoms with Crippen LogP contribution >= 0.6 is 23.2 Å². The van der Waals surface area contributed by atoms with Crippen molar-refractivity contribution in [3.8, 4) is 17.4 Å². The van der Waals surface area contributed by atoms with Gasteiger partial charge in [0.05, 0.1) is 0 Å². The van der Waals surface area contributed by atoms with Crippen molar-refractivity contribution in [2.45, 2.75) is 11.8 Å². The average Bonchev–Trinajstić information content (AvgIpc) is 2.59. The number of hydrogen-bond donors (Lipinski definition) is 0. The van der Waals surface area contributed by atoms with Gasteiger partial charge in [-0.1, -0.05) is 41.4 Å². The molecule has 0 amide bonds. The van der Waals surface area contributed by atoms with Gasteiger partial charge >= 0.3 is 10.1 Å². The number of benzene rings is 2. The number of halogens is 2. The third-order valence-corrected chi connectivity index (χ3v) is 4.98. The van der Waals surface area contributed by atoms with E-state index in [1.54, 1.807) is 12.1 Å². The third kappa shape index (κ3) is 4.24. The first-order valence-electron chi connectivity index (χ1n) is 7.32. The summed E-state index contributed by atoms with van der Waals surface area (Å²) < 4.78 is 35.8. The van der Waals surface area contributed by atoms with Crippen LogP contribution in [0.2, 0.25) is 10.2 Å². The van der Waals surface area contributed by atoms with Gasteiger partial charge in [-0.15, -0.1) is 10.2 Å². The van der Waals surface area contributed by atoms with E-state index in [1.807, 2.05) is 19.1 Å². The quantitative estimate of drug-likeness (QED) is 0.569. The molecular formula is C17H12Cl2N2O4S. The Hall–Kier alpha value is -2.35. The first-order chi connectivity index (χ1) is 12.3. The van der Waals surface area contributed by atoms with Crippen LogP contribution in [0.5, 0.6) is 17.4 Å². The van der Waals surface area contributed by atoms with Crippen LogP contribution in [0.1, 0.15) is 5.56 Å². The summed E-state index contributed by atoms with van der Waals surface area (Å²) in [5.74, 6) is 0.183. The van der Waals surface area contributed by atoms with E-state index in [1.165, 1.54) is 30.3 Å². The van der Waals surface area contributed by atoms with Gasteiger partial charge in [0.15, 0.2) is 5.15 Å². The molecule has 1 heterocycles. The molecule has 1 aromatic heterocycles. The molecule has 26 heavy (non-hydrogen) atoms. The van der Waals surface area contributed by atoms with Crippen molar-refractivity contribution >= 4 is 33.3 Å². The van der Waals surface area contributed by atoms with Gasteiger partial charge in [0.1, 0.15) is 10.6 Å². The van der Waals surface area contributed by atoms with Crippen molar-refractivity contribution in [2.24, 2.45) is 0 Å². The van der Waals surface area contributed by atoms with Crippen molar-refractivity contribution < 1.29 is 17.3 Å². The Morgan fingerprint density at radius 3 is 2.31 bits per heavy atom. The molecule has 0 bridgehead atoms. The molecule has 0 saturated carbocycles. The maximum absolute atomic E-state index is 12.5. The summed E-state index contributed by atoms with van der Waals surface area (Å²) in [6.45, 7) is 1.84. The van der Waals surface area contributed by atoms with Gasteiger partial charge < -0.3 is 8.92 Å². The second kappa shape index (κ2) is 7.49. The molecule has 0 saturated heterocycles. The van der Waals surface area contributed by atoms with Crippen LogP contribution in [0.4, 0.5) is 0 Å². The van der Waals surface area contributed by atoms with E-state index in [0.717, 1.165) is 5.56 Å². The molecule has 0 aliphatic carbocycles. The zero-order chi connectivity index (χ0) is 18.7. The Morgan fingerprint density at radius 2 is 1.62 bits per heavy atom. The summed E-state index contributed by atoms with van der Waals surface area (Å²) in [4.78, 5) is -0.0725. The van der Waals surface area contributed by atoms with E-state index in [9.17, 15) is 8.42 Å². The minimum Gasteiger partial charge on any atom is -0.435 e.